The molecule has 2 heterocycles. The van der Waals surface area contributed by atoms with Crippen LogP contribution in [0.2, 0.25) is 0 Å². The monoisotopic (exact) mass is 267 g/mol. The van der Waals surface area contributed by atoms with E-state index in [0.717, 1.165) is 37.2 Å². The summed E-state index contributed by atoms with van der Waals surface area (Å²) < 4.78 is 14.6. The topological polar surface area (TPSA) is 39.3 Å². The van der Waals surface area contributed by atoms with E-state index in [2.05, 4.69) is 21.9 Å². The SMILES string of the molecule is C[NH+]1CCN(c2cc3[nH]c(=S)[nH]c3cc2F)CC1. The van der Waals surface area contributed by atoms with Crippen molar-refractivity contribution in [2.75, 3.05) is 38.1 Å². The predicted molar refractivity (Wildman–Crippen MR) is 72.3 cm³/mol. The first-order chi connectivity index (χ1) is 8.63. The number of piperazine rings is 1. The molecular weight excluding hydrogens is 251 g/mol. The highest BCUT2D eigenvalue weighted by molar-refractivity contribution is 7.71. The summed E-state index contributed by atoms with van der Waals surface area (Å²) >= 11 is 5.02. The molecule has 0 spiro atoms. The summed E-state index contributed by atoms with van der Waals surface area (Å²) in [5.74, 6) is -0.188. The normalized spacial score (nSPS) is 17.6. The summed E-state index contributed by atoms with van der Waals surface area (Å²) in [5.41, 5.74) is 2.25. The lowest BCUT2D eigenvalue weighted by Gasteiger charge is -2.31. The average molecular weight is 267 g/mol. The van der Waals surface area contributed by atoms with Crippen molar-refractivity contribution in [3.63, 3.8) is 0 Å². The van der Waals surface area contributed by atoms with Gasteiger partial charge in [0, 0.05) is 6.07 Å². The number of quaternary nitrogens is 1. The third kappa shape index (κ3) is 2.02. The second kappa shape index (κ2) is 4.37. The Kier molecular flexibility index (Phi) is 2.83. The van der Waals surface area contributed by atoms with Crippen LogP contribution in [0.25, 0.3) is 11.0 Å². The van der Waals surface area contributed by atoms with Gasteiger partial charge in [-0.3, -0.25) is 0 Å². The van der Waals surface area contributed by atoms with E-state index in [9.17, 15) is 4.39 Å². The van der Waals surface area contributed by atoms with E-state index in [-0.39, 0.29) is 5.82 Å². The molecule has 2 aromatic rings. The predicted octanol–water partition coefficient (Wildman–Crippen LogP) is 0.699. The molecule has 3 rings (SSSR count). The van der Waals surface area contributed by atoms with Gasteiger partial charge < -0.3 is 19.8 Å². The Balaban J connectivity index is 2.00. The largest absolute Gasteiger partial charge is 0.358 e. The third-order valence-electron chi connectivity index (χ3n) is 3.54. The Morgan fingerprint density at radius 3 is 2.50 bits per heavy atom. The minimum Gasteiger partial charge on any atom is -0.358 e. The molecule has 1 aliphatic heterocycles. The summed E-state index contributed by atoms with van der Waals surface area (Å²) in [4.78, 5) is 9.56. The Morgan fingerprint density at radius 2 is 1.83 bits per heavy atom. The van der Waals surface area contributed by atoms with Gasteiger partial charge in [0.05, 0.1) is 49.9 Å². The summed E-state index contributed by atoms with van der Waals surface area (Å²) in [6, 6.07) is 3.36. The summed E-state index contributed by atoms with van der Waals surface area (Å²) in [7, 11) is 2.17. The van der Waals surface area contributed by atoms with Crippen molar-refractivity contribution < 1.29 is 9.29 Å². The molecule has 1 fully saturated rings. The van der Waals surface area contributed by atoms with Gasteiger partial charge in [0.15, 0.2) is 4.77 Å². The van der Waals surface area contributed by atoms with Gasteiger partial charge in [0.1, 0.15) is 5.82 Å². The number of anilines is 1. The molecular formula is C12H16FN4S+. The Labute approximate surface area is 109 Å². The van der Waals surface area contributed by atoms with Gasteiger partial charge in [-0.25, -0.2) is 4.39 Å². The van der Waals surface area contributed by atoms with Crippen molar-refractivity contribution in [1.29, 1.82) is 0 Å². The van der Waals surface area contributed by atoms with Crippen molar-refractivity contribution in [3.8, 4) is 0 Å². The van der Waals surface area contributed by atoms with Crippen molar-refractivity contribution >= 4 is 28.9 Å². The molecule has 0 unspecified atom stereocenters. The molecule has 1 aromatic heterocycles. The fourth-order valence-corrected chi connectivity index (χ4v) is 2.64. The molecule has 1 saturated heterocycles. The van der Waals surface area contributed by atoms with Crippen LogP contribution < -0.4 is 9.80 Å². The van der Waals surface area contributed by atoms with Crippen LogP contribution in [0.4, 0.5) is 10.1 Å². The summed E-state index contributed by atoms with van der Waals surface area (Å²) in [6.45, 7) is 3.86. The van der Waals surface area contributed by atoms with Crippen molar-refractivity contribution in [1.82, 2.24) is 9.97 Å². The number of aromatic nitrogens is 2. The number of aromatic amines is 2. The molecule has 0 atom stereocenters. The lowest BCUT2D eigenvalue weighted by molar-refractivity contribution is -0.880. The van der Waals surface area contributed by atoms with Crippen molar-refractivity contribution in [2.24, 2.45) is 0 Å². The molecule has 4 nitrogen and oxygen atoms in total. The van der Waals surface area contributed by atoms with Gasteiger partial charge >= 0.3 is 0 Å². The third-order valence-corrected chi connectivity index (χ3v) is 3.75. The molecule has 0 amide bonds. The van der Waals surface area contributed by atoms with E-state index < -0.39 is 0 Å². The lowest BCUT2D eigenvalue weighted by atomic mass is 10.2. The smallest absolute Gasteiger partial charge is 0.175 e. The standard InChI is InChI=1S/C12H15FN4S/c1-16-2-4-17(5-3-16)11-7-10-9(6-8(11)13)14-12(18)15-10/h6-7H,2-5H2,1H3,(H2,14,15,18)/p+1. The van der Waals surface area contributed by atoms with Crippen LogP contribution in [0.3, 0.4) is 0 Å². The van der Waals surface area contributed by atoms with Crippen LogP contribution in [0.1, 0.15) is 0 Å². The van der Waals surface area contributed by atoms with Gasteiger partial charge in [0.2, 0.25) is 0 Å². The maximum absolute atomic E-state index is 14.1. The molecule has 1 aromatic carbocycles. The van der Waals surface area contributed by atoms with Crippen LogP contribution in [0.15, 0.2) is 12.1 Å². The molecule has 0 aliphatic carbocycles. The molecule has 0 radical (unpaired) electrons. The number of likely N-dealkylation sites (N-methyl/N-ethyl adjacent to an activating group) is 1. The highest BCUT2D eigenvalue weighted by Gasteiger charge is 2.20. The van der Waals surface area contributed by atoms with Gasteiger partial charge in [-0.2, -0.15) is 0 Å². The Hall–Kier alpha value is -1.40. The summed E-state index contributed by atoms with van der Waals surface area (Å²) in [6.07, 6.45) is 0. The van der Waals surface area contributed by atoms with Crippen LogP contribution >= 0.6 is 12.2 Å². The number of H-pyrrole nitrogens is 2. The van der Waals surface area contributed by atoms with E-state index in [1.54, 1.807) is 0 Å². The first-order valence-corrected chi connectivity index (χ1v) is 6.52. The van der Waals surface area contributed by atoms with Crippen LogP contribution in [-0.4, -0.2) is 43.2 Å². The van der Waals surface area contributed by atoms with Gasteiger partial charge in [-0.05, 0) is 18.3 Å². The molecule has 3 N–H and O–H groups in total. The number of benzene rings is 1. The zero-order chi connectivity index (χ0) is 12.7. The van der Waals surface area contributed by atoms with Crippen LogP contribution in [0, 0.1) is 10.6 Å². The van der Waals surface area contributed by atoms with E-state index in [0.29, 0.717) is 10.5 Å². The molecule has 6 heteroatoms. The number of nitrogens with one attached hydrogen (secondary N) is 3. The quantitative estimate of drug-likeness (QED) is 0.666. The van der Waals surface area contributed by atoms with Gasteiger partial charge in [0.25, 0.3) is 0 Å². The highest BCUT2D eigenvalue weighted by Crippen LogP contribution is 2.24. The molecule has 1 aliphatic rings. The average Bonchev–Trinajstić information content (AvgIpc) is 2.68. The number of imidazole rings is 1. The number of hydrogen-bond acceptors (Lipinski definition) is 2. The van der Waals surface area contributed by atoms with E-state index >= 15 is 0 Å². The Bertz CT molecular complexity index is 625. The van der Waals surface area contributed by atoms with E-state index in [4.69, 9.17) is 12.2 Å². The Morgan fingerprint density at radius 1 is 1.22 bits per heavy atom. The van der Waals surface area contributed by atoms with Crippen LogP contribution in [0.5, 0.6) is 0 Å². The minimum absolute atomic E-state index is 0.188. The molecule has 18 heavy (non-hydrogen) atoms. The maximum Gasteiger partial charge on any atom is 0.175 e. The molecule has 0 bridgehead atoms. The van der Waals surface area contributed by atoms with Crippen molar-refractivity contribution in [2.45, 2.75) is 0 Å². The maximum atomic E-state index is 14.1. The zero-order valence-corrected chi connectivity index (χ0v) is 11.0. The number of halogens is 1. The first-order valence-electron chi connectivity index (χ1n) is 6.11. The summed E-state index contributed by atoms with van der Waals surface area (Å²) in [5, 5.41) is 0. The second-order valence-corrected chi connectivity index (χ2v) is 5.28. The number of rotatable bonds is 1. The van der Waals surface area contributed by atoms with Gasteiger partial charge in [-0.1, -0.05) is 0 Å². The fourth-order valence-electron chi connectivity index (χ4n) is 2.42. The lowest BCUT2D eigenvalue weighted by Crippen LogP contribution is -3.12. The number of hydrogen-bond donors (Lipinski definition) is 3. The van der Waals surface area contributed by atoms with E-state index in [1.807, 2.05) is 6.07 Å². The zero-order valence-electron chi connectivity index (χ0n) is 10.2. The van der Waals surface area contributed by atoms with Crippen molar-refractivity contribution in [3.05, 3.63) is 22.7 Å². The number of fused-ring (bicyclic) bond motifs is 1. The van der Waals surface area contributed by atoms with E-state index in [1.165, 1.54) is 11.0 Å². The van der Waals surface area contributed by atoms with Gasteiger partial charge in [-0.15, -0.1) is 0 Å². The number of nitrogens with zero attached hydrogens (tertiary/aromatic N) is 1. The molecule has 0 saturated carbocycles. The molecule has 96 valence electrons. The second-order valence-electron chi connectivity index (χ2n) is 4.87. The minimum atomic E-state index is -0.188. The highest BCUT2D eigenvalue weighted by atomic mass is 32.1. The fraction of sp³-hybridized carbons (Fsp3) is 0.417. The first kappa shape index (κ1) is 11.7. The van der Waals surface area contributed by atoms with Crippen LogP contribution in [-0.2, 0) is 0 Å².